The SMILES string of the molecule is C=CCNC(=O)C1(C(=O)Nc2cccc(OC)c2)CC1. The van der Waals surface area contributed by atoms with Crippen LogP contribution >= 0.6 is 0 Å². The Balaban J connectivity index is 2.04. The number of hydrogen-bond acceptors (Lipinski definition) is 3. The Morgan fingerprint density at radius 2 is 2.15 bits per heavy atom. The third kappa shape index (κ3) is 2.82. The van der Waals surface area contributed by atoms with Crippen molar-refractivity contribution in [3.8, 4) is 5.75 Å². The smallest absolute Gasteiger partial charge is 0.240 e. The average Bonchev–Trinajstić information content (AvgIpc) is 3.26. The van der Waals surface area contributed by atoms with E-state index in [2.05, 4.69) is 17.2 Å². The number of ether oxygens (including phenoxy) is 1. The molecule has 0 atom stereocenters. The summed E-state index contributed by atoms with van der Waals surface area (Å²) in [7, 11) is 1.56. The second-order valence-corrected chi connectivity index (χ2v) is 4.77. The van der Waals surface area contributed by atoms with Gasteiger partial charge >= 0.3 is 0 Å². The van der Waals surface area contributed by atoms with E-state index in [0.717, 1.165) is 0 Å². The van der Waals surface area contributed by atoms with E-state index >= 15 is 0 Å². The number of carbonyl (C=O) groups excluding carboxylic acids is 2. The van der Waals surface area contributed by atoms with Gasteiger partial charge in [-0.25, -0.2) is 0 Å². The van der Waals surface area contributed by atoms with E-state index in [0.29, 0.717) is 30.8 Å². The van der Waals surface area contributed by atoms with Gasteiger partial charge in [0.25, 0.3) is 0 Å². The first-order valence-electron chi connectivity index (χ1n) is 6.47. The van der Waals surface area contributed by atoms with Crippen molar-refractivity contribution in [2.24, 2.45) is 5.41 Å². The largest absolute Gasteiger partial charge is 0.497 e. The lowest BCUT2D eigenvalue weighted by Gasteiger charge is -2.15. The molecule has 0 aliphatic heterocycles. The summed E-state index contributed by atoms with van der Waals surface area (Å²) < 4.78 is 5.10. The third-order valence-electron chi connectivity index (χ3n) is 3.35. The van der Waals surface area contributed by atoms with E-state index in [9.17, 15) is 9.59 Å². The summed E-state index contributed by atoms with van der Waals surface area (Å²) in [6, 6.07) is 7.05. The number of anilines is 1. The van der Waals surface area contributed by atoms with E-state index < -0.39 is 5.41 Å². The maximum atomic E-state index is 12.3. The third-order valence-corrected chi connectivity index (χ3v) is 3.35. The number of nitrogens with one attached hydrogen (secondary N) is 2. The Labute approximate surface area is 118 Å². The molecule has 20 heavy (non-hydrogen) atoms. The van der Waals surface area contributed by atoms with Crippen LogP contribution in [0.2, 0.25) is 0 Å². The highest BCUT2D eigenvalue weighted by atomic mass is 16.5. The van der Waals surface area contributed by atoms with Crippen molar-refractivity contribution in [3.63, 3.8) is 0 Å². The van der Waals surface area contributed by atoms with Gasteiger partial charge in [-0.05, 0) is 25.0 Å². The summed E-state index contributed by atoms with van der Waals surface area (Å²) in [5.41, 5.74) is -0.302. The molecule has 1 fully saturated rings. The molecule has 0 heterocycles. The van der Waals surface area contributed by atoms with Crippen LogP contribution in [-0.2, 0) is 9.59 Å². The Morgan fingerprint density at radius 1 is 1.40 bits per heavy atom. The van der Waals surface area contributed by atoms with Gasteiger partial charge in [-0.3, -0.25) is 9.59 Å². The van der Waals surface area contributed by atoms with E-state index in [1.807, 2.05) is 0 Å². The van der Waals surface area contributed by atoms with Crippen LogP contribution in [-0.4, -0.2) is 25.5 Å². The quantitative estimate of drug-likeness (QED) is 0.613. The lowest BCUT2D eigenvalue weighted by atomic mass is 10.1. The molecule has 0 unspecified atom stereocenters. The van der Waals surface area contributed by atoms with Crippen LogP contribution < -0.4 is 15.4 Å². The van der Waals surface area contributed by atoms with Crippen molar-refractivity contribution in [1.82, 2.24) is 5.32 Å². The van der Waals surface area contributed by atoms with Gasteiger partial charge in [0, 0.05) is 18.3 Å². The molecule has 2 rings (SSSR count). The van der Waals surface area contributed by atoms with Crippen LogP contribution in [0.15, 0.2) is 36.9 Å². The summed E-state index contributed by atoms with van der Waals surface area (Å²) in [5, 5.41) is 5.45. The van der Waals surface area contributed by atoms with Crippen molar-refractivity contribution in [2.45, 2.75) is 12.8 Å². The zero-order valence-electron chi connectivity index (χ0n) is 11.4. The molecule has 1 aromatic rings. The standard InChI is InChI=1S/C15H18N2O3/c1-3-9-16-13(18)15(7-8-15)14(19)17-11-5-4-6-12(10-11)20-2/h3-6,10H,1,7-9H2,2H3,(H,16,18)(H,17,19). The number of amides is 2. The van der Waals surface area contributed by atoms with Crippen molar-refractivity contribution in [2.75, 3.05) is 19.0 Å². The fourth-order valence-electron chi connectivity index (χ4n) is 1.97. The van der Waals surface area contributed by atoms with Gasteiger partial charge in [0.05, 0.1) is 7.11 Å². The highest BCUT2D eigenvalue weighted by Crippen LogP contribution is 2.46. The van der Waals surface area contributed by atoms with Gasteiger partial charge in [-0.1, -0.05) is 12.1 Å². The molecular weight excluding hydrogens is 256 g/mol. The first kappa shape index (κ1) is 14.1. The molecule has 5 nitrogen and oxygen atoms in total. The number of benzene rings is 1. The lowest BCUT2D eigenvalue weighted by molar-refractivity contribution is -0.134. The number of carbonyl (C=O) groups is 2. The zero-order chi connectivity index (χ0) is 14.6. The molecule has 2 N–H and O–H groups in total. The molecule has 0 saturated heterocycles. The molecule has 1 aliphatic rings. The molecule has 0 radical (unpaired) electrons. The second kappa shape index (κ2) is 5.77. The topological polar surface area (TPSA) is 67.4 Å². The molecule has 1 aliphatic carbocycles. The molecule has 5 heteroatoms. The molecule has 1 saturated carbocycles. The van der Waals surface area contributed by atoms with Crippen LogP contribution in [0.25, 0.3) is 0 Å². The zero-order valence-corrected chi connectivity index (χ0v) is 11.4. The lowest BCUT2D eigenvalue weighted by Crippen LogP contribution is -2.40. The monoisotopic (exact) mass is 274 g/mol. The van der Waals surface area contributed by atoms with Crippen LogP contribution in [0.1, 0.15) is 12.8 Å². The fraction of sp³-hybridized carbons (Fsp3) is 0.333. The summed E-state index contributed by atoms with van der Waals surface area (Å²) in [4.78, 5) is 24.3. The molecule has 1 aromatic carbocycles. The second-order valence-electron chi connectivity index (χ2n) is 4.77. The molecule has 0 bridgehead atoms. The summed E-state index contributed by atoms with van der Waals surface area (Å²) in [6.45, 7) is 3.91. The van der Waals surface area contributed by atoms with Crippen molar-refractivity contribution in [1.29, 1.82) is 0 Å². The minimum atomic E-state index is -0.925. The van der Waals surface area contributed by atoms with Crippen molar-refractivity contribution in [3.05, 3.63) is 36.9 Å². The maximum Gasteiger partial charge on any atom is 0.240 e. The first-order valence-corrected chi connectivity index (χ1v) is 6.47. The average molecular weight is 274 g/mol. The number of methoxy groups -OCH3 is 1. The van der Waals surface area contributed by atoms with Gasteiger partial charge in [0.1, 0.15) is 11.2 Å². The van der Waals surface area contributed by atoms with Crippen LogP contribution in [0.3, 0.4) is 0 Å². The number of rotatable bonds is 6. The first-order chi connectivity index (χ1) is 9.62. The molecular formula is C15H18N2O3. The van der Waals surface area contributed by atoms with Gasteiger partial charge < -0.3 is 15.4 Å². The summed E-state index contributed by atoms with van der Waals surface area (Å²) in [5.74, 6) is 0.147. The Bertz CT molecular complexity index is 536. The molecule has 106 valence electrons. The predicted octanol–water partition coefficient (Wildman–Crippen LogP) is 1.72. The normalized spacial score (nSPS) is 15.1. The fourth-order valence-corrected chi connectivity index (χ4v) is 1.97. The molecule has 0 spiro atoms. The van der Waals surface area contributed by atoms with Gasteiger partial charge in [0.15, 0.2) is 0 Å². The minimum Gasteiger partial charge on any atom is -0.497 e. The van der Waals surface area contributed by atoms with Crippen LogP contribution in [0.5, 0.6) is 5.75 Å². The Morgan fingerprint density at radius 3 is 2.75 bits per heavy atom. The van der Waals surface area contributed by atoms with Crippen molar-refractivity contribution >= 4 is 17.5 Å². The van der Waals surface area contributed by atoms with E-state index in [-0.39, 0.29) is 11.8 Å². The van der Waals surface area contributed by atoms with Gasteiger partial charge in [-0.15, -0.1) is 6.58 Å². The van der Waals surface area contributed by atoms with Crippen molar-refractivity contribution < 1.29 is 14.3 Å². The van der Waals surface area contributed by atoms with E-state index in [1.54, 1.807) is 37.5 Å². The van der Waals surface area contributed by atoms with E-state index in [1.165, 1.54) is 0 Å². The highest BCUT2D eigenvalue weighted by Gasteiger charge is 2.56. The number of hydrogen-bond donors (Lipinski definition) is 2. The molecule has 2 amide bonds. The Hall–Kier alpha value is -2.30. The van der Waals surface area contributed by atoms with Crippen LogP contribution in [0.4, 0.5) is 5.69 Å². The molecule has 0 aromatic heterocycles. The van der Waals surface area contributed by atoms with Gasteiger partial charge in [0.2, 0.25) is 11.8 Å². The summed E-state index contributed by atoms with van der Waals surface area (Å²) in [6.07, 6.45) is 2.74. The van der Waals surface area contributed by atoms with E-state index in [4.69, 9.17) is 4.74 Å². The highest BCUT2D eigenvalue weighted by molar-refractivity contribution is 6.13. The van der Waals surface area contributed by atoms with Crippen LogP contribution in [0, 0.1) is 5.41 Å². The van der Waals surface area contributed by atoms with Gasteiger partial charge in [-0.2, -0.15) is 0 Å². The maximum absolute atomic E-state index is 12.3. The summed E-state index contributed by atoms with van der Waals surface area (Å²) >= 11 is 0. The minimum absolute atomic E-state index is 0.238. The Kier molecular flexibility index (Phi) is 4.08. The predicted molar refractivity (Wildman–Crippen MR) is 76.5 cm³/mol.